The molecule has 0 aromatic heterocycles. The Morgan fingerprint density at radius 3 is 2.64 bits per heavy atom. The SMILES string of the molecule is Brc1ccccc1CCCI. The van der Waals surface area contributed by atoms with Crippen molar-refractivity contribution >= 4 is 38.5 Å². The Hall–Kier alpha value is 0.430. The number of halogens is 2. The second-order valence-electron chi connectivity index (χ2n) is 2.38. The summed E-state index contributed by atoms with van der Waals surface area (Å²) in [5.41, 5.74) is 1.42. The maximum atomic E-state index is 3.52. The lowest BCUT2D eigenvalue weighted by Crippen LogP contribution is -1.86. The summed E-state index contributed by atoms with van der Waals surface area (Å²) in [5.74, 6) is 0. The van der Waals surface area contributed by atoms with Crippen molar-refractivity contribution in [3.8, 4) is 0 Å². The summed E-state index contributed by atoms with van der Waals surface area (Å²) in [5, 5.41) is 0. The second-order valence-corrected chi connectivity index (χ2v) is 4.32. The minimum atomic E-state index is 1.18. The molecule has 2 heteroatoms. The fraction of sp³-hybridized carbons (Fsp3) is 0.333. The minimum Gasteiger partial charge on any atom is -0.0864 e. The van der Waals surface area contributed by atoms with Crippen LogP contribution in [0, 0.1) is 0 Å². The summed E-state index contributed by atoms with van der Waals surface area (Å²) in [6, 6.07) is 8.42. The predicted octanol–water partition coefficient (Wildman–Crippen LogP) is 3.82. The fourth-order valence-electron chi connectivity index (χ4n) is 0.958. The van der Waals surface area contributed by atoms with Crippen LogP contribution in [-0.4, -0.2) is 4.43 Å². The molecule has 1 rings (SSSR count). The molecule has 0 bridgehead atoms. The van der Waals surface area contributed by atoms with E-state index in [0.717, 1.165) is 0 Å². The van der Waals surface area contributed by atoms with E-state index >= 15 is 0 Å². The summed E-state index contributed by atoms with van der Waals surface area (Å²) < 4.78 is 2.48. The van der Waals surface area contributed by atoms with E-state index in [9.17, 15) is 0 Å². The monoisotopic (exact) mass is 324 g/mol. The summed E-state index contributed by atoms with van der Waals surface area (Å²) in [6.45, 7) is 0. The van der Waals surface area contributed by atoms with Gasteiger partial charge in [-0.2, -0.15) is 0 Å². The predicted molar refractivity (Wildman–Crippen MR) is 61.4 cm³/mol. The first-order valence-corrected chi connectivity index (χ1v) is 5.96. The Morgan fingerprint density at radius 2 is 2.00 bits per heavy atom. The lowest BCUT2D eigenvalue weighted by Gasteiger charge is -2.00. The average molecular weight is 325 g/mol. The van der Waals surface area contributed by atoms with Gasteiger partial charge in [0.05, 0.1) is 0 Å². The van der Waals surface area contributed by atoms with Crippen LogP contribution >= 0.6 is 38.5 Å². The van der Waals surface area contributed by atoms with Gasteiger partial charge in [0.25, 0.3) is 0 Å². The Balaban J connectivity index is 2.62. The van der Waals surface area contributed by atoms with Crippen LogP contribution in [-0.2, 0) is 6.42 Å². The molecule has 0 radical (unpaired) electrons. The Labute approximate surface area is 89.7 Å². The highest BCUT2D eigenvalue weighted by Crippen LogP contribution is 2.17. The number of aryl methyl sites for hydroxylation is 1. The van der Waals surface area contributed by atoms with Gasteiger partial charge in [0, 0.05) is 4.47 Å². The molecule has 0 saturated heterocycles. The molecule has 0 unspecified atom stereocenters. The molecule has 0 nitrogen and oxygen atoms in total. The van der Waals surface area contributed by atoms with Crippen molar-refractivity contribution in [3.63, 3.8) is 0 Å². The molecule has 0 fully saturated rings. The van der Waals surface area contributed by atoms with Gasteiger partial charge >= 0.3 is 0 Å². The summed E-state index contributed by atoms with van der Waals surface area (Å²) in [4.78, 5) is 0. The van der Waals surface area contributed by atoms with E-state index in [1.54, 1.807) is 0 Å². The van der Waals surface area contributed by atoms with Crippen LogP contribution in [0.5, 0.6) is 0 Å². The number of hydrogen-bond acceptors (Lipinski definition) is 0. The number of alkyl halides is 1. The molecule has 0 heterocycles. The quantitative estimate of drug-likeness (QED) is 0.586. The van der Waals surface area contributed by atoms with Crippen LogP contribution in [0.15, 0.2) is 28.7 Å². The maximum Gasteiger partial charge on any atom is 0.0207 e. The van der Waals surface area contributed by atoms with E-state index in [1.807, 2.05) is 0 Å². The third-order valence-corrected chi connectivity index (χ3v) is 3.07. The highest BCUT2D eigenvalue weighted by molar-refractivity contribution is 14.1. The highest BCUT2D eigenvalue weighted by atomic mass is 127. The van der Waals surface area contributed by atoms with Crippen LogP contribution < -0.4 is 0 Å². The van der Waals surface area contributed by atoms with Gasteiger partial charge < -0.3 is 0 Å². The molecule has 0 aliphatic carbocycles. The Morgan fingerprint density at radius 1 is 1.27 bits per heavy atom. The first-order chi connectivity index (χ1) is 5.34. The number of hydrogen-bond donors (Lipinski definition) is 0. The van der Waals surface area contributed by atoms with Crippen LogP contribution in [0.25, 0.3) is 0 Å². The first kappa shape index (κ1) is 9.52. The molecule has 0 saturated carbocycles. The molecule has 0 spiro atoms. The van der Waals surface area contributed by atoms with Crippen molar-refractivity contribution in [3.05, 3.63) is 34.3 Å². The first-order valence-electron chi connectivity index (χ1n) is 3.64. The fourth-order valence-corrected chi connectivity index (χ4v) is 1.82. The minimum absolute atomic E-state index is 1.18. The molecular weight excluding hydrogens is 315 g/mol. The molecule has 11 heavy (non-hydrogen) atoms. The zero-order valence-corrected chi connectivity index (χ0v) is 9.93. The van der Waals surface area contributed by atoms with E-state index in [1.165, 1.54) is 27.3 Å². The van der Waals surface area contributed by atoms with Crippen molar-refractivity contribution in [2.75, 3.05) is 4.43 Å². The summed E-state index contributed by atoms with van der Waals surface area (Å²) in [7, 11) is 0. The van der Waals surface area contributed by atoms with E-state index < -0.39 is 0 Å². The van der Waals surface area contributed by atoms with Gasteiger partial charge in [0.2, 0.25) is 0 Å². The summed E-state index contributed by atoms with van der Waals surface area (Å²) >= 11 is 5.93. The van der Waals surface area contributed by atoms with Crippen molar-refractivity contribution in [1.82, 2.24) is 0 Å². The van der Waals surface area contributed by atoms with Crippen LogP contribution in [0.1, 0.15) is 12.0 Å². The van der Waals surface area contributed by atoms with Gasteiger partial charge in [-0.15, -0.1) is 0 Å². The van der Waals surface area contributed by atoms with E-state index in [2.05, 4.69) is 62.8 Å². The van der Waals surface area contributed by atoms with Crippen LogP contribution in [0.2, 0.25) is 0 Å². The van der Waals surface area contributed by atoms with Gasteiger partial charge in [-0.3, -0.25) is 0 Å². The molecule has 60 valence electrons. The lowest BCUT2D eigenvalue weighted by atomic mass is 10.1. The molecule has 0 atom stereocenters. The summed E-state index contributed by atoms with van der Waals surface area (Å²) in [6.07, 6.45) is 2.45. The third kappa shape index (κ3) is 3.11. The average Bonchev–Trinajstić information content (AvgIpc) is 2.03. The zero-order chi connectivity index (χ0) is 8.10. The topological polar surface area (TPSA) is 0 Å². The lowest BCUT2D eigenvalue weighted by molar-refractivity contribution is 0.940. The van der Waals surface area contributed by atoms with Crippen molar-refractivity contribution in [2.24, 2.45) is 0 Å². The molecule has 1 aromatic carbocycles. The zero-order valence-electron chi connectivity index (χ0n) is 6.19. The molecular formula is C9H10BrI. The normalized spacial score (nSPS) is 10.0. The van der Waals surface area contributed by atoms with Gasteiger partial charge in [0.1, 0.15) is 0 Å². The van der Waals surface area contributed by atoms with Gasteiger partial charge in [-0.1, -0.05) is 56.7 Å². The van der Waals surface area contributed by atoms with Crippen molar-refractivity contribution < 1.29 is 0 Å². The van der Waals surface area contributed by atoms with Crippen LogP contribution in [0.4, 0.5) is 0 Å². The number of rotatable bonds is 3. The van der Waals surface area contributed by atoms with Crippen molar-refractivity contribution in [1.29, 1.82) is 0 Å². The maximum absolute atomic E-state index is 3.52. The van der Waals surface area contributed by atoms with Gasteiger partial charge in [-0.25, -0.2) is 0 Å². The van der Waals surface area contributed by atoms with E-state index in [4.69, 9.17) is 0 Å². The van der Waals surface area contributed by atoms with E-state index in [0.29, 0.717) is 0 Å². The molecule has 0 N–H and O–H groups in total. The number of benzene rings is 1. The molecule has 0 aliphatic rings. The molecule has 1 aromatic rings. The Kier molecular flexibility index (Phi) is 4.45. The Bertz CT molecular complexity index is 223. The molecule has 0 amide bonds. The second kappa shape index (κ2) is 5.14. The highest BCUT2D eigenvalue weighted by Gasteiger charge is 1.95. The largest absolute Gasteiger partial charge is 0.0864 e. The van der Waals surface area contributed by atoms with Gasteiger partial charge in [-0.05, 0) is 28.9 Å². The standard InChI is InChI=1S/C9H10BrI/c10-9-6-2-1-4-8(9)5-3-7-11/h1-2,4,6H,3,5,7H2. The van der Waals surface area contributed by atoms with Crippen LogP contribution in [0.3, 0.4) is 0 Å². The third-order valence-electron chi connectivity index (χ3n) is 1.54. The van der Waals surface area contributed by atoms with Crippen molar-refractivity contribution in [2.45, 2.75) is 12.8 Å². The van der Waals surface area contributed by atoms with Gasteiger partial charge in [0.15, 0.2) is 0 Å². The van der Waals surface area contributed by atoms with E-state index in [-0.39, 0.29) is 0 Å². The smallest absolute Gasteiger partial charge is 0.0207 e. The molecule has 0 aliphatic heterocycles.